The molecule has 0 spiro atoms. The molecule has 0 fully saturated rings. The Kier molecular flexibility index (Phi) is 5.82. The summed E-state index contributed by atoms with van der Waals surface area (Å²) in [5.41, 5.74) is 2.28. The summed E-state index contributed by atoms with van der Waals surface area (Å²) in [6.07, 6.45) is 3.90. The Balaban J connectivity index is 1.97. The lowest BCUT2D eigenvalue weighted by atomic mass is 10.1. The molecule has 0 heterocycles. The molecule has 0 aromatic heterocycles. The largest absolute Gasteiger partial charge is 0.457 e. The lowest BCUT2D eigenvalue weighted by Gasteiger charge is -2.10. The van der Waals surface area contributed by atoms with Gasteiger partial charge in [0.05, 0.1) is 6.10 Å². The van der Waals surface area contributed by atoms with Gasteiger partial charge in [0.25, 0.3) is 0 Å². The van der Waals surface area contributed by atoms with Crippen LogP contribution in [0.1, 0.15) is 50.3 Å². The molecule has 0 amide bonds. The van der Waals surface area contributed by atoms with E-state index in [0.29, 0.717) is 0 Å². The van der Waals surface area contributed by atoms with Crippen LogP contribution in [0.3, 0.4) is 0 Å². The van der Waals surface area contributed by atoms with Gasteiger partial charge in [-0.25, -0.2) is 0 Å². The van der Waals surface area contributed by atoms with E-state index in [0.717, 1.165) is 29.9 Å². The molecule has 112 valence electrons. The summed E-state index contributed by atoms with van der Waals surface area (Å²) in [4.78, 5) is 0. The molecule has 0 aliphatic carbocycles. The van der Waals surface area contributed by atoms with Crippen LogP contribution in [0.2, 0.25) is 0 Å². The topological polar surface area (TPSA) is 29.5 Å². The van der Waals surface area contributed by atoms with Crippen LogP contribution in [0.15, 0.2) is 48.5 Å². The first kappa shape index (κ1) is 15.6. The Morgan fingerprint density at radius 2 is 1.48 bits per heavy atom. The zero-order chi connectivity index (χ0) is 15.1. The fourth-order valence-corrected chi connectivity index (χ4v) is 2.23. The quantitative estimate of drug-likeness (QED) is 0.751. The molecule has 1 atom stereocenters. The first-order valence-electron chi connectivity index (χ1n) is 7.77. The number of rotatable bonds is 7. The number of aryl methyl sites for hydroxylation is 1. The van der Waals surface area contributed by atoms with Crippen molar-refractivity contribution in [2.24, 2.45) is 0 Å². The Hall–Kier alpha value is -1.80. The van der Waals surface area contributed by atoms with Gasteiger partial charge in [0.2, 0.25) is 0 Å². The zero-order valence-corrected chi connectivity index (χ0v) is 12.9. The van der Waals surface area contributed by atoms with E-state index < -0.39 is 6.10 Å². The van der Waals surface area contributed by atoms with Gasteiger partial charge in [-0.05, 0) is 54.7 Å². The summed E-state index contributed by atoms with van der Waals surface area (Å²) in [6.45, 7) is 4.17. The van der Waals surface area contributed by atoms with E-state index in [1.54, 1.807) is 0 Å². The standard InChI is InChI=1S/C19H24O2/c1-3-5-6-15-7-11-17(12-8-15)21-18-13-9-16(10-14-18)19(20)4-2/h7-14,19-20H,3-6H2,1-2H3/t19-/m0/s1. The molecule has 2 rings (SSSR count). The lowest BCUT2D eigenvalue weighted by Crippen LogP contribution is -1.94. The van der Waals surface area contributed by atoms with E-state index >= 15 is 0 Å². The maximum Gasteiger partial charge on any atom is 0.127 e. The molecule has 1 N–H and O–H groups in total. The van der Waals surface area contributed by atoms with Crippen molar-refractivity contribution in [2.75, 3.05) is 0 Å². The number of hydrogen-bond donors (Lipinski definition) is 1. The van der Waals surface area contributed by atoms with Gasteiger partial charge in [0, 0.05) is 0 Å². The molecule has 2 aromatic carbocycles. The summed E-state index contributed by atoms with van der Waals surface area (Å²) < 4.78 is 5.82. The van der Waals surface area contributed by atoms with Gasteiger partial charge in [-0.15, -0.1) is 0 Å². The highest BCUT2D eigenvalue weighted by atomic mass is 16.5. The van der Waals surface area contributed by atoms with Crippen LogP contribution < -0.4 is 4.74 Å². The summed E-state index contributed by atoms with van der Waals surface area (Å²) in [7, 11) is 0. The highest BCUT2D eigenvalue weighted by Gasteiger charge is 2.05. The van der Waals surface area contributed by atoms with E-state index in [4.69, 9.17) is 4.74 Å². The van der Waals surface area contributed by atoms with Crippen molar-refractivity contribution in [1.29, 1.82) is 0 Å². The van der Waals surface area contributed by atoms with Crippen molar-refractivity contribution < 1.29 is 9.84 Å². The van der Waals surface area contributed by atoms with E-state index in [1.807, 2.05) is 43.3 Å². The normalized spacial score (nSPS) is 12.1. The molecule has 2 aromatic rings. The van der Waals surface area contributed by atoms with Crippen molar-refractivity contribution >= 4 is 0 Å². The first-order chi connectivity index (χ1) is 10.2. The average Bonchev–Trinajstić information content (AvgIpc) is 2.54. The fraction of sp³-hybridized carbons (Fsp3) is 0.368. The van der Waals surface area contributed by atoms with E-state index in [2.05, 4.69) is 19.1 Å². The highest BCUT2D eigenvalue weighted by Crippen LogP contribution is 2.24. The third-order valence-corrected chi connectivity index (χ3v) is 3.63. The van der Waals surface area contributed by atoms with Crippen LogP contribution in [-0.2, 0) is 6.42 Å². The summed E-state index contributed by atoms with van der Waals surface area (Å²) in [6, 6.07) is 15.9. The van der Waals surface area contributed by atoms with E-state index in [9.17, 15) is 5.11 Å². The smallest absolute Gasteiger partial charge is 0.127 e. The molecule has 0 aliphatic rings. The fourth-order valence-electron chi connectivity index (χ4n) is 2.23. The molecule has 0 unspecified atom stereocenters. The number of benzene rings is 2. The first-order valence-corrected chi connectivity index (χ1v) is 7.77. The SMILES string of the molecule is CCCCc1ccc(Oc2ccc([C@@H](O)CC)cc2)cc1. The van der Waals surface area contributed by atoms with Crippen molar-refractivity contribution in [3.63, 3.8) is 0 Å². The molecule has 2 heteroatoms. The predicted molar refractivity (Wildman–Crippen MR) is 86.8 cm³/mol. The van der Waals surface area contributed by atoms with Gasteiger partial charge in [-0.1, -0.05) is 44.5 Å². The molecule has 0 saturated heterocycles. The molecular formula is C19H24O2. The Morgan fingerprint density at radius 1 is 0.905 bits per heavy atom. The van der Waals surface area contributed by atoms with Gasteiger partial charge in [0.15, 0.2) is 0 Å². The summed E-state index contributed by atoms with van der Waals surface area (Å²) in [5, 5.41) is 9.77. The third kappa shape index (κ3) is 4.61. The second kappa shape index (κ2) is 7.84. The highest BCUT2D eigenvalue weighted by molar-refractivity contribution is 5.35. The van der Waals surface area contributed by atoms with Crippen molar-refractivity contribution in [3.05, 3.63) is 59.7 Å². The van der Waals surface area contributed by atoms with Gasteiger partial charge in [0.1, 0.15) is 11.5 Å². The molecule has 0 bridgehead atoms. The van der Waals surface area contributed by atoms with Gasteiger partial charge in [-0.3, -0.25) is 0 Å². The maximum atomic E-state index is 9.77. The van der Waals surface area contributed by atoms with Gasteiger partial charge in [-0.2, -0.15) is 0 Å². The van der Waals surface area contributed by atoms with E-state index in [1.165, 1.54) is 18.4 Å². The third-order valence-electron chi connectivity index (χ3n) is 3.63. The lowest BCUT2D eigenvalue weighted by molar-refractivity contribution is 0.173. The number of aliphatic hydroxyl groups excluding tert-OH is 1. The molecule has 0 saturated carbocycles. The molecule has 2 nitrogen and oxygen atoms in total. The second-order valence-corrected chi connectivity index (χ2v) is 5.34. The number of unbranched alkanes of at least 4 members (excludes halogenated alkanes) is 1. The number of hydrogen-bond acceptors (Lipinski definition) is 2. The van der Waals surface area contributed by atoms with Crippen LogP contribution in [0.4, 0.5) is 0 Å². The molecule has 0 aliphatic heterocycles. The van der Waals surface area contributed by atoms with Gasteiger partial charge >= 0.3 is 0 Å². The Morgan fingerprint density at radius 3 is 2.00 bits per heavy atom. The van der Waals surface area contributed by atoms with Gasteiger partial charge < -0.3 is 9.84 Å². The van der Waals surface area contributed by atoms with Crippen LogP contribution in [-0.4, -0.2) is 5.11 Å². The van der Waals surface area contributed by atoms with Crippen molar-refractivity contribution in [3.8, 4) is 11.5 Å². The molecule has 21 heavy (non-hydrogen) atoms. The number of aliphatic hydroxyl groups is 1. The summed E-state index contributed by atoms with van der Waals surface area (Å²) in [5.74, 6) is 1.64. The zero-order valence-electron chi connectivity index (χ0n) is 12.9. The van der Waals surface area contributed by atoms with Crippen LogP contribution in [0.5, 0.6) is 11.5 Å². The predicted octanol–water partition coefficient (Wildman–Crippen LogP) is 5.26. The van der Waals surface area contributed by atoms with Crippen molar-refractivity contribution in [1.82, 2.24) is 0 Å². The van der Waals surface area contributed by atoms with Crippen LogP contribution in [0, 0.1) is 0 Å². The Bertz CT molecular complexity index is 528. The minimum absolute atomic E-state index is 0.392. The maximum absolute atomic E-state index is 9.77. The second-order valence-electron chi connectivity index (χ2n) is 5.34. The van der Waals surface area contributed by atoms with Crippen LogP contribution in [0.25, 0.3) is 0 Å². The minimum atomic E-state index is -0.392. The summed E-state index contributed by atoms with van der Waals surface area (Å²) >= 11 is 0. The van der Waals surface area contributed by atoms with E-state index in [-0.39, 0.29) is 0 Å². The molecule has 0 radical (unpaired) electrons. The Labute approximate surface area is 127 Å². The monoisotopic (exact) mass is 284 g/mol. The van der Waals surface area contributed by atoms with Crippen molar-refractivity contribution in [2.45, 2.75) is 45.6 Å². The average molecular weight is 284 g/mol. The molecular weight excluding hydrogens is 260 g/mol. The van der Waals surface area contributed by atoms with Crippen LogP contribution >= 0.6 is 0 Å². The minimum Gasteiger partial charge on any atom is -0.457 e. The number of ether oxygens (including phenoxy) is 1.